The quantitative estimate of drug-likeness (QED) is 0.415. The van der Waals surface area contributed by atoms with E-state index in [1.54, 1.807) is 30.3 Å². The van der Waals surface area contributed by atoms with Crippen molar-refractivity contribution >= 4 is 23.1 Å². The molecule has 0 saturated heterocycles. The predicted molar refractivity (Wildman–Crippen MR) is 125 cm³/mol. The fraction of sp³-hybridized carbons (Fsp3) is 0.167. The van der Waals surface area contributed by atoms with Gasteiger partial charge in [0.2, 0.25) is 5.91 Å². The second-order valence-corrected chi connectivity index (χ2v) is 7.37. The summed E-state index contributed by atoms with van der Waals surface area (Å²) in [4.78, 5) is 37.8. The number of hydrogen-bond acceptors (Lipinski definition) is 6. The van der Waals surface area contributed by atoms with Crippen LogP contribution in [0.15, 0.2) is 71.7 Å². The van der Waals surface area contributed by atoms with Gasteiger partial charge in [-0.3, -0.25) is 9.59 Å². The van der Waals surface area contributed by atoms with Crippen LogP contribution in [0.25, 0.3) is 5.65 Å². The highest BCUT2D eigenvalue weighted by Crippen LogP contribution is 2.29. The summed E-state index contributed by atoms with van der Waals surface area (Å²) in [5.74, 6) is 0.221. The molecule has 0 atom stereocenters. The van der Waals surface area contributed by atoms with E-state index in [0.717, 1.165) is 10.2 Å². The summed E-state index contributed by atoms with van der Waals surface area (Å²) in [5, 5.41) is 9.70. The van der Waals surface area contributed by atoms with Crippen LogP contribution in [0.1, 0.15) is 15.9 Å². The van der Waals surface area contributed by atoms with E-state index in [0.29, 0.717) is 34.9 Å². The molecule has 0 spiro atoms. The van der Waals surface area contributed by atoms with E-state index < -0.39 is 11.6 Å². The molecule has 2 heterocycles. The molecule has 0 aliphatic carbocycles. The van der Waals surface area contributed by atoms with Gasteiger partial charge in [-0.15, -0.1) is 5.10 Å². The van der Waals surface area contributed by atoms with Gasteiger partial charge in [0.1, 0.15) is 6.54 Å². The molecule has 2 N–H and O–H groups in total. The lowest BCUT2D eigenvalue weighted by molar-refractivity contribution is -0.117. The van der Waals surface area contributed by atoms with E-state index in [2.05, 4.69) is 15.7 Å². The topological polar surface area (TPSA) is 116 Å². The predicted octanol–water partition coefficient (Wildman–Crippen LogP) is 2.08. The summed E-state index contributed by atoms with van der Waals surface area (Å²) in [6.07, 6.45) is 1.41. The number of ether oxygens (including phenoxy) is 2. The lowest BCUT2D eigenvalue weighted by Gasteiger charge is -2.10. The molecule has 34 heavy (non-hydrogen) atoms. The third-order valence-electron chi connectivity index (χ3n) is 5.10. The van der Waals surface area contributed by atoms with E-state index in [1.807, 2.05) is 30.3 Å². The summed E-state index contributed by atoms with van der Waals surface area (Å²) in [6.45, 7) is 0.0621. The van der Waals surface area contributed by atoms with Crippen LogP contribution >= 0.6 is 0 Å². The minimum Gasteiger partial charge on any atom is -0.493 e. The zero-order valence-electron chi connectivity index (χ0n) is 18.6. The van der Waals surface area contributed by atoms with Gasteiger partial charge < -0.3 is 20.1 Å². The fourth-order valence-corrected chi connectivity index (χ4v) is 3.39. The molecule has 0 bridgehead atoms. The molecule has 4 rings (SSSR count). The number of aromatic nitrogens is 3. The molecule has 2 aromatic heterocycles. The molecule has 4 aromatic rings. The van der Waals surface area contributed by atoms with Gasteiger partial charge in [-0.2, -0.15) is 0 Å². The Hall–Kier alpha value is -4.60. The molecule has 0 aliphatic rings. The summed E-state index contributed by atoms with van der Waals surface area (Å²) in [5.41, 5.74) is 1.54. The number of carbonyl (C=O) groups is 2. The van der Waals surface area contributed by atoms with Gasteiger partial charge in [0, 0.05) is 24.5 Å². The van der Waals surface area contributed by atoms with Gasteiger partial charge in [-0.05, 0) is 29.8 Å². The average Bonchev–Trinajstić information content (AvgIpc) is 3.17. The lowest BCUT2D eigenvalue weighted by atomic mass is 10.2. The first-order valence-electron chi connectivity index (χ1n) is 10.4. The fourth-order valence-electron chi connectivity index (χ4n) is 3.39. The summed E-state index contributed by atoms with van der Waals surface area (Å²) in [7, 11) is 3.01. The monoisotopic (exact) mass is 461 g/mol. The average molecular weight is 461 g/mol. The van der Waals surface area contributed by atoms with E-state index in [4.69, 9.17) is 9.47 Å². The number of rotatable bonds is 8. The first-order valence-corrected chi connectivity index (χ1v) is 10.4. The van der Waals surface area contributed by atoms with Crippen molar-refractivity contribution in [2.45, 2.75) is 13.1 Å². The van der Waals surface area contributed by atoms with Crippen molar-refractivity contribution in [3.8, 4) is 11.5 Å². The first kappa shape index (κ1) is 22.6. The maximum Gasteiger partial charge on any atom is 0.350 e. The molecule has 2 amide bonds. The highest BCUT2D eigenvalue weighted by atomic mass is 16.5. The largest absolute Gasteiger partial charge is 0.493 e. The van der Waals surface area contributed by atoms with Crippen LogP contribution in [0.3, 0.4) is 0 Å². The first-order chi connectivity index (χ1) is 16.5. The van der Waals surface area contributed by atoms with Crippen LogP contribution in [0.2, 0.25) is 0 Å². The van der Waals surface area contributed by atoms with Gasteiger partial charge in [-0.1, -0.05) is 30.3 Å². The van der Waals surface area contributed by atoms with Gasteiger partial charge in [0.15, 0.2) is 17.1 Å². The number of fused-ring (bicyclic) bond motifs is 1. The van der Waals surface area contributed by atoms with Gasteiger partial charge in [0.05, 0.1) is 19.8 Å². The maximum absolute atomic E-state index is 12.8. The van der Waals surface area contributed by atoms with Crippen molar-refractivity contribution in [1.29, 1.82) is 0 Å². The highest BCUT2D eigenvalue weighted by molar-refractivity contribution is 5.94. The molecule has 2 aromatic carbocycles. The number of anilines is 1. The molecule has 0 aliphatic heterocycles. The van der Waals surface area contributed by atoms with Crippen molar-refractivity contribution in [2.24, 2.45) is 0 Å². The Labute approximate surface area is 194 Å². The van der Waals surface area contributed by atoms with Crippen LogP contribution in [-0.4, -0.2) is 40.2 Å². The van der Waals surface area contributed by atoms with Crippen molar-refractivity contribution < 1.29 is 19.1 Å². The van der Waals surface area contributed by atoms with Crippen molar-refractivity contribution in [3.05, 3.63) is 88.5 Å². The van der Waals surface area contributed by atoms with E-state index >= 15 is 0 Å². The smallest absolute Gasteiger partial charge is 0.350 e. The molecular weight excluding hydrogens is 438 g/mol. The number of methoxy groups -OCH3 is 2. The van der Waals surface area contributed by atoms with E-state index in [-0.39, 0.29) is 12.5 Å². The summed E-state index contributed by atoms with van der Waals surface area (Å²) >= 11 is 0. The van der Waals surface area contributed by atoms with E-state index in [9.17, 15) is 14.4 Å². The van der Waals surface area contributed by atoms with Crippen LogP contribution < -0.4 is 25.8 Å². The van der Waals surface area contributed by atoms with Gasteiger partial charge in [0.25, 0.3) is 5.91 Å². The SMILES string of the molecule is COc1ccc(NC(=O)Cn2nc3ccc(C(=O)NCc4ccccc4)cn3c2=O)cc1OC. The number of benzene rings is 2. The minimum atomic E-state index is -0.532. The van der Waals surface area contributed by atoms with Crippen molar-refractivity contribution in [2.75, 3.05) is 19.5 Å². The zero-order chi connectivity index (χ0) is 24.1. The van der Waals surface area contributed by atoms with Crippen LogP contribution in [0, 0.1) is 0 Å². The number of carbonyl (C=O) groups excluding carboxylic acids is 2. The number of pyridine rings is 1. The summed E-state index contributed by atoms with van der Waals surface area (Å²) < 4.78 is 12.7. The van der Waals surface area contributed by atoms with Gasteiger partial charge in [-0.25, -0.2) is 13.9 Å². The lowest BCUT2D eigenvalue weighted by Crippen LogP contribution is -2.28. The van der Waals surface area contributed by atoms with Crippen LogP contribution in [0.5, 0.6) is 11.5 Å². The molecule has 174 valence electrons. The summed E-state index contributed by atoms with van der Waals surface area (Å²) in [6, 6.07) is 17.6. The Morgan fingerprint density at radius 2 is 1.74 bits per heavy atom. The Morgan fingerprint density at radius 1 is 0.971 bits per heavy atom. The molecule has 0 saturated carbocycles. The van der Waals surface area contributed by atoms with Crippen molar-refractivity contribution in [3.63, 3.8) is 0 Å². The number of nitrogens with one attached hydrogen (secondary N) is 2. The Balaban J connectivity index is 1.46. The molecular formula is C24H23N5O5. The molecule has 0 fully saturated rings. The maximum atomic E-state index is 12.8. The number of nitrogens with zero attached hydrogens (tertiary/aromatic N) is 3. The second-order valence-electron chi connectivity index (χ2n) is 7.37. The number of amides is 2. The highest BCUT2D eigenvalue weighted by Gasteiger charge is 2.14. The molecule has 10 heteroatoms. The standard InChI is InChI=1S/C24H23N5O5/c1-33-19-10-9-18(12-20(19)34-2)26-22(30)15-29-24(32)28-14-17(8-11-21(28)27-29)23(31)25-13-16-6-4-3-5-7-16/h3-12,14H,13,15H2,1-2H3,(H,25,31)(H,26,30). The molecule has 0 unspecified atom stereocenters. The zero-order valence-corrected chi connectivity index (χ0v) is 18.6. The number of hydrogen-bond donors (Lipinski definition) is 2. The Morgan fingerprint density at radius 3 is 2.47 bits per heavy atom. The van der Waals surface area contributed by atoms with Gasteiger partial charge >= 0.3 is 5.69 Å². The third kappa shape index (κ3) is 4.90. The van der Waals surface area contributed by atoms with Crippen LogP contribution in [-0.2, 0) is 17.9 Å². The minimum absolute atomic E-state index is 0.301. The van der Waals surface area contributed by atoms with E-state index in [1.165, 1.54) is 24.8 Å². The third-order valence-corrected chi connectivity index (χ3v) is 5.10. The second kappa shape index (κ2) is 9.90. The normalized spacial score (nSPS) is 10.6. The molecule has 0 radical (unpaired) electrons. The van der Waals surface area contributed by atoms with Crippen LogP contribution in [0.4, 0.5) is 5.69 Å². The molecule has 10 nitrogen and oxygen atoms in total. The van der Waals surface area contributed by atoms with Crippen molar-refractivity contribution in [1.82, 2.24) is 19.5 Å². The Kier molecular flexibility index (Phi) is 6.58. The Bertz CT molecular complexity index is 1390.